The minimum absolute atomic E-state index is 0.0409. The number of piperidine rings is 1. The van der Waals surface area contributed by atoms with Crippen molar-refractivity contribution < 1.29 is 9.59 Å². The minimum Gasteiger partial charge on any atom is -0.355 e. The number of carbonyl (C=O) groups is 2. The Labute approximate surface area is 169 Å². The number of benzene rings is 1. The van der Waals surface area contributed by atoms with E-state index in [4.69, 9.17) is 0 Å². The van der Waals surface area contributed by atoms with Crippen molar-refractivity contribution in [3.63, 3.8) is 0 Å². The molecule has 1 aliphatic rings. The molecule has 0 bridgehead atoms. The van der Waals surface area contributed by atoms with Crippen LogP contribution in [0.3, 0.4) is 0 Å². The standard InChI is InChI=1S/C20H27N5O2S/c1-24-15-22-23-20(24)28-13-11-21-19(27)17-9-10-18(26)25(14-17)12-5-8-16-6-3-2-4-7-16/h2-4,6-7,15,17H,5,8-14H2,1H3,(H,21,27)/t17-/m1/s1. The van der Waals surface area contributed by atoms with Gasteiger partial charge in [-0.1, -0.05) is 42.1 Å². The molecule has 1 aromatic heterocycles. The highest BCUT2D eigenvalue weighted by Gasteiger charge is 2.29. The minimum atomic E-state index is -0.116. The van der Waals surface area contributed by atoms with Crippen LogP contribution in [0.2, 0.25) is 0 Å². The summed E-state index contributed by atoms with van der Waals surface area (Å²) in [7, 11) is 1.90. The van der Waals surface area contributed by atoms with Crippen molar-refractivity contribution in [2.75, 3.05) is 25.4 Å². The summed E-state index contributed by atoms with van der Waals surface area (Å²) in [5, 5.41) is 11.7. The summed E-state index contributed by atoms with van der Waals surface area (Å²) < 4.78 is 1.85. The number of carbonyl (C=O) groups excluding carboxylic acids is 2. The number of aromatic nitrogens is 3. The number of likely N-dealkylation sites (tertiary alicyclic amines) is 1. The van der Waals surface area contributed by atoms with Gasteiger partial charge >= 0.3 is 0 Å². The lowest BCUT2D eigenvalue weighted by atomic mass is 9.96. The Morgan fingerprint density at radius 1 is 1.32 bits per heavy atom. The lowest BCUT2D eigenvalue weighted by Gasteiger charge is -2.32. The second-order valence-corrected chi connectivity index (χ2v) is 8.09. The van der Waals surface area contributed by atoms with Crippen LogP contribution in [-0.4, -0.2) is 56.9 Å². The van der Waals surface area contributed by atoms with Gasteiger partial charge in [-0.05, 0) is 24.8 Å². The molecule has 150 valence electrons. The molecule has 2 amide bonds. The number of amides is 2. The second kappa shape index (κ2) is 10.3. The maximum atomic E-state index is 12.5. The van der Waals surface area contributed by atoms with Crippen molar-refractivity contribution >= 4 is 23.6 Å². The third kappa shape index (κ3) is 5.82. The maximum absolute atomic E-state index is 12.5. The number of thioether (sulfide) groups is 1. The molecule has 7 nitrogen and oxygen atoms in total. The first-order valence-corrected chi connectivity index (χ1v) is 10.7. The van der Waals surface area contributed by atoms with Crippen molar-refractivity contribution in [1.29, 1.82) is 0 Å². The molecule has 0 unspecified atom stereocenters. The van der Waals surface area contributed by atoms with Crippen LogP contribution in [-0.2, 0) is 23.1 Å². The van der Waals surface area contributed by atoms with E-state index in [1.54, 1.807) is 18.1 Å². The van der Waals surface area contributed by atoms with Crippen LogP contribution >= 0.6 is 11.8 Å². The molecule has 0 saturated carbocycles. The Balaban J connectivity index is 1.38. The van der Waals surface area contributed by atoms with Gasteiger partial charge in [0, 0.05) is 38.9 Å². The van der Waals surface area contributed by atoms with E-state index in [1.807, 2.05) is 34.7 Å². The fourth-order valence-electron chi connectivity index (χ4n) is 3.33. The monoisotopic (exact) mass is 401 g/mol. The molecule has 0 aliphatic carbocycles. The molecule has 0 spiro atoms. The van der Waals surface area contributed by atoms with Gasteiger partial charge in [0.2, 0.25) is 11.8 Å². The first kappa shape index (κ1) is 20.4. The van der Waals surface area contributed by atoms with Crippen molar-refractivity contribution in [2.45, 2.75) is 30.8 Å². The fourth-order valence-corrected chi connectivity index (χ4v) is 4.07. The number of nitrogens with one attached hydrogen (secondary N) is 1. The zero-order chi connectivity index (χ0) is 19.8. The average Bonchev–Trinajstić information content (AvgIpc) is 3.12. The molecule has 0 radical (unpaired) electrons. The van der Waals surface area contributed by atoms with Gasteiger partial charge in [-0.15, -0.1) is 10.2 Å². The third-order valence-corrected chi connectivity index (χ3v) is 5.95. The highest BCUT2D eigenvalue weighted by Crippen LogP contribution is 2.19. The van der Waals surface area contributed by atoms with Gasteiger partial charge in [-0.2, -0.15) is 0 Å². The van der Waals surface area contributed by atoms with Crippen molar-refractivity contribution in [3.8, 4) is 0 Å². The van der Waals surface area contributed by atoms with E-state index < -0.39 is 0 Å². The van der Waals surface area contributed by atoms with Crippen molar-refractivity contribution in [3.05, 3.63) is 42.2 Å². The zero-order valence-corrected chi connectivity index (χ0v) is 17.0. The first-order valence-electron chi connectivity index (χ1n) is 9.69. The second-order valence-electron chi connectivity index (χ2n) is 7.03. The summed E-state index contributed by atoms with van der Waals surface area (Å²) in [6, 6.07) is 10.3. The smallest absolute Gasteiger partial charge is 0.224 e. The molecule has 1 N–H and O–H groups in total. The van der Waals surface area contributed by atoms with E-state index in [0.29, 0.717) is 32.5 Å². The molecule has 1 aromatic carbocycles. The van der Waals surface area contributed by atoms with E-state index >= 15 is 0 Å². The average molecular weight is 402 g/mol. The highest BCUT2D eigenvalue weighted by molar-refractivity contribution is 7.99. The largest absolute Gasteiger partial charge is 0.355 e. The third-order valence-electron chi connectivity index (χ3n) is 4.91. The lowest BCUT2D eigenvalue weighted by Crippen LogP contribution is -2.46. The number of nitrogens with zero attached hydrogens (tertiary/aromatic N) is 4. The molecule has 3 rings (SSSR count). The van der Waals surface area contributed by atoms with E-state index in [1.165, 1.54) is 5.56 Å². The molecule has 2 heterocycles. The van der Waals surface area contributed by atoms with Gasteiger partial charge in [-0.25, -0.2) is 0 Å². The molecule has 2 aromatic rings. The van der Waals surface area contributed by atoms with Crippen LogP contribution in [0, 0.1) is 5.92 Å². The van der Waals surface area contributed by atoms with Crippen LogP contribution < -0.4 is 5.32 Å². The Bertz CT molecular complexity index is 780. The van der Waals surface area contributed by atoms with E-state index in [-0.39, 0.29) is 17.7 Å². The molecule has 1 atom stereocenters. The molecule has 8 heteroatoms. The van der Waals surface area contributed by atoms with Gasteiger partial charge in [0.05, 0.1) is 5.92 Å². The van der Waals surface area contributed by atoms with Gasteiger partial charge in [0.1, 0.15) is 6.33 Å². The Morgan fingerprint density at radius 3 is 2.89 bits per heavy atom. The molecular weight excluding hydrogens is 374 g/mol. The van der Waals surface area contributed by atoms with E-state index in [0.717, 1.165) is 23.8 Å². The predicted molar refractivity (Wildman–Crippen MR) is 109 cm³/mol. The SMILES string of the molecule is Cn1cnnc1SCCNC(=O)[C@@H]1CCC(=O)N(CCCc2ccccc2)C1. The predicted octanol–water partition coefficient (Wildman–Crippen LogP) is 1.89. The van der Waals surface area contributed by atoms with Crippen LogP contribution in [0.15, 0.2) is 41.8 Å². The van der Waals surface area contributed by atoms with Gasteiger partial charge in [0.15, 0.2) is 5.16 Å². The van der Waals surface area contributed by atoms with Crippen molar-refractivity contribution in [1.82, 2.24) is 25.0 Å². The fraction of sp³-hybridized carbons (Fsp3) is 0.500. The van der Waals surface area contributed by atoms with Crippen LogP contribution in [0.1, 0.15) is 24.8 Å². The lowest BCUT2D eigenvalue weighted by molar-refractivity contribution is -0.138. The maximum Gasteiger partial charge on any atom is 0.224 e. The quantitative estimate of drug-likeness (QED) is 0.513. The summed E-state index contributed by atoms with van der Waals surface area (Å²) in [5.41, 5.74) is 1.28. The normalized spacial score (nSPS) is 17.0. The molecule has 28 heavy (non-hydrogen) atoms. The summed E-state index contributed by atoms with van der Waals surface area (Å²) in [5.74, 6) is 0.827. The number of hydrogen-bond donors (Lipinski definition) is 1. The van der Waals surface area contributed by atoms with E-state index in [9.17, 15) is 9.59 Å². The van der Waals surface area contributed by atoms with Crippen LogP contribution in [0.25, 0.3) is 0 Å². The summed E-state index contributed by atoms with van der Waals surface area (Å²) in [6.07, 6.45) is 4.61. The summed E-state index contributed by atoms with van der Waals surface area (Å²) in [4.78, 5) is 26.5. The molecule has 1 fully saturated rings. The Kier molecular flexibility index (Phi) is 7.47. The molecule has 1 aliphatic heterocycles. The number of aryl methyl sites for hydroxylation is 2. The van der Waals surface area contributed by atoms with Crippen LogP contribution in [0.4, 0.5) is 0 Å². The highest BCUT2D eigenvalue weighted by atomic mass is 32.2. The van der Waals surface area contributed by atoms with Crippen molar-refractivity contribution in [2.24, 2.45) is 13.0 Å². The Hall–Kier alpha value is -2.35. The number of hydrogen-bond acceptors (Lipinski definition) is 5. The van der Waals surface area contributed by atoms with E-state index in [2.05, 4.69) is 27.6 Å². The van der Waals surface area contributed by atoms with Gasteiger partial charge in [-0.3, -0.25) is 9.59 Å². The molecular formula is C20H27N5O2S. The summed E-state index contributed by atoms with van der Waals surface area (Å²) >= 11 is 1.56. The van der Waals surface area contributed by atoms with Gasteiger partial charge < -0.3 is 14.8 Å². The Morgan fingerprint density at radius 2 is 2.14 bits per heavy atom. The topological polar surface area (TPSA) is 80.1 Å². The molecule has 1 saturated heterocycles. The van der Waals surface area contributed by atoms with Gasteiger partial charge in [0.25, 0.3) is 0 Å². The first-order chi connectivity index (χ1) is 13.6. The zero-order valence-electron chi connectivity index (χ0n) is 16.2. The summed E-state index contributed by atoms with van der Waals surface area (Å²) in [6.45, 7) is 1.81. The number of rotatable bonds is 9. The van der Waals surface area contributed by atoms with Crippen LogP contribution in [0.5, 0.6) is 0 Å².